The van der Waals surface area contributed by atoms with Gasteiger partial charge in [0.15, 0.2) is 5.69 Å². The van der Waals surface area contributed by atoms with Crippen molar-refractivity contribution >= 4 is 23.2 Å². The van der Waals surface area contributed by atoms with E-state index in [1.54, 1.807) is 6.07 Å². The molecule has 2 aromatic carbocycles. The van der Waals surface area contributed by atoms with Gasteiger partial charge in [0, 0.05) is 10.7 Å². The van der Waals surface area contributed by atoms with Crippen LogP contribution in [0.2, 0.25) is 5.02 Å². The van der Waals surface area contributed by atoms with E-state index in [0.717, 1.165) is 23.4 Å². The summed E-state index contributed by atoms with van der Waals surface area (Å²) in [5, 5.41) is 8.10. The zero-order valence-corrected chi connectivity index (χ0v) is 15.7. The second-order valence-corrected chi connectivity index (χ2v) is 7.00. The Kier molecular flexibility index (Phi) is 4.97. The molecule has 5 nitrogen and oxygen atoms in total. The molecule has 1 aliphatic rings. The summed E-state index contributed by atoms with van der Waals surface area (Å²) in [6.45, 7) is 3.07. The predicted octanol–water partition coefficient (Wildman–Crippen LogP) is 4.62. The molecule has 1 atom stereocenters. The maximum atomic E-state index is 12.6. The van der Waals surface area contributed by atoms with Gasteiger partial charge < -0.3 is 10.1 Å². The lowest BCUT2D eigenvalue weighted by atomic mass is 10.1. The van der Waals surface area contributed by atoms with Crippen molar-refractivity contribution in [1.29, 1.82) is 0 Å². The molecule has 0 saturated heterocycles. The minimum Gasteiger partial charge on any atom is -0.365 e. The molecule has 0 saturated carbocycles. The number of ether oxygens (including phenoxy) is 1. The van der Waals surface area contributed by atoms with Gasteiger partial charge in [-0.3, -0.25) is 9.48 Å². The van der Waals surface area contributed by atoms with E-state index in [0.29, 0.717) is 23.9 Å². The molecule has 1 aromatic heterocycles. The highest BCUT2D eigenvalue weighted by molar-refractivity contribution is 6.30. The molecule has 6 heteroatoms. The van der Waals surface area contributed by atoms with Crippen LogP contribution in [0.5, 0.6) is 0 Å². The average molecular weight is 382 g/mol. The number of hydrogen-bond acceptors (Lipinski definition) is 3. The van der Waals surface area contributed by atoms with Crippen LogP contribution in [0.4, 0.5) is 5.69 Å². The van der Waals surface area contributed by atoms with Crippen molar-refractivity contribution in [2.45, 2.75) is 32.6 Å². The molecule has 27 heavy (non-hydrogen) atoms. The Bertz CT molecular complexity index is 966. The van der Waals surface area contributed by atoms with Crippen LogP contribution in [0.15, 0.2) is 54.6 Å². The number of hydrogen-bond donors (Lipinski definition) is 1. The quantitative estimate of drug-likeness (QED) is 0.717. The molecule has 0 aliphatic carbocycles. The first kappa shape index (κ1) is 17.8. The number of nitrogens with zero attached hydrogens (tertiary/aromatic N) is 2. The van der Waals surface area contributed by atoms with Crippen molar-refractivity contribution in [3.05, 3.63) is 82.1 Å². The van der Waals surface area contributed by atoms with Crippen molar-refractivity contribution in [3.8, 4) is 0 Å². The van der Waals surface area contributed by atoms with Crippen molar-refractivity contribution in [1.82, 2.24) is 9.78 Å². The van der Waals surface area contributed by atoms with E-state index in [4.69, 9.17) is 16.3 Å². The maximum absolute atomic E-state index is 12.6. The molecule has 0 bridgehead atoms. The molecule has 4 rings (SSSR count). The van der Waals surface area contributed by atoms with Crippen molar-refractivity contribution in [2.75, 3.05) is 5.32 Å². The van der Waals surface area contributed by atoms with Crippen LogP contribution in [-0.2, 0) is 24.3 Å². The molecule has 3 aromatic rings. The predicted molar refractivity (Wildman–Crippen MR) is 105 cm³/mol. The second-order valence-electron chi connectivity index (χ2n) is 6.56. The van der Waals surface area contributed by atoms with Gasteiger partial charge in [-0.25, -0.2) is 0 Å². The molecule has 1 N–H and O–H groups in total. The number of carbonyl (C=O) groups is 1. The summed E-state index contributed by atoms with van der Waals surface area (Å²) >= 11 is 5.95. The highest BCUT2D eigenvalue weighted by Crippen LogP contribution is 2.27. The van der Waals surface area contributed by atoms with E-state index in [9.17, 15) is 4.79 Å². The summed E-state index contributed by atoms with van der Waals surface area (Å²) in [5.41, 5.74) is 4.29. The number of amides is 1. The van der Waals surface area contributed by atoms with Crippen LogP contribution in [-0.4, -0.2) is 15.7 Å². The first-order valence-electron chi connectivity index (χ1n) is 8.96. The molecule has 0 radical (unpaired) electrons. The third kappa shape index (κ3) is 3.89. The van der Waals surface area contributed by atoms with Gasteiger partial charge in [-0.05, 0) is 47.9 Å². The molecule has 138 valence electrons. The smallest absolute Gasteiger partial charge is 0.276 e. The van der Waals surface area contributed by atoms with Crippen LogP contribution in [0.3, 0.4) is 0 Å². The van der Waals surface area contributed by atoms with Crippen LogP contribution in [0.1, 0.15) is 40.3 Å². The third-order valence-corrected chi connectivity index (χ3v) is 4.95. The van der Waals surface area contributed by atoms with Gasteiger partial charge >= 0.3 is 0 Å². The Hall–Kier alpha value is -2.63. The fourth-order valence-corrected chi connectivity index (χ4v) is 3.31. The van der Waals surface area contributed by atoms with Crippen molar-refractivity contribution < 1.29 is 9.53 Å². The number of halogens is 1. The molecule has 2 heterocycles. The zero-order valence-electron chi connectivity index (χ0n) is 15.0. The summed E-state index contributed by atoms with van der Waals surface area (Å²) in [7, 11) is 0. The number of nitrogens with one attached hydrogen (secondary N) is 1. The van der Waals surface area contributed by atoms with E-state index < -0.39 is 0 Å². The summed E-state index contributed by atoms with van der Waals surface area (Å²) in [6.07, 6.45) is 0.818. The molecule has 0 unspecified atom stereocenters. The van der Waals surface area contributed by atoms with Gasteiger partial charge in [0.25, 0.3) is 5.91 Å². The van der Waals surface area contributed by atoms with Crippen LogP contribution < -0.4 is 5.32 Å². The van der Waals surface area contributed by atoms with Gasteiger partial charge in [0.1, 0.15) is 6.10 Å². The lowest BCUT2D eigenvalue weighted by Crippen LogP contribution is -2.22. The molecule has 1 amide bonds. The van der Waals surface area contributed by atoms with Crippen molar-refractivity contribution in [3.63, 3.8) is 0 Å². The minimum absolute atomic E-state index is 0.105. The first-order chi connectivity index (χ1) is 13.1. The van der Waals surface area contributed by atoms with E-state index in [2.05, 4.69) is 17.3 Å². The highest BCUT2D eigenvalue weighted by atomic mass is 35.5. The summed E-state index contributed by atoms with van der Waals surface area (Å²) in [4.78, 5) is 12.6. The molecular formula is C21H20ClN3O2. The highest BCUT2D eigenvalue weighted by Gasteiger charge is 2.24. The fraction of sp³-hybridized carbons (Fsp3) is 0.238. The maximum Gasteiger partial charge on any atom is 0.276 e. The second kappa shape index (κ2) is 7.55. The van der Waals surface area contributed by atoms with E-state index >= 15 is 0 Å². The van der Waals surface area contributed by atoms with E-state index in [1.165, 1.54) is 5.56 Å². The minimum atomic E-state index is -0.215. The number of rotatable bonds is 4. The molecule has 0 spiro atoms. The van der Waals surface area contributed by atoms with Gasteiger partial charge in [-0.2, -0.15) is 5.10 Å². The summed E-state index contributed by atoms with van der Waals surface area (Å²) in [5.74, 6) is -0.215. The Morgan fingerprint density at radius 1 is 1.26 bits per heavy atom. The van der Waals surface area contributed by atoms with E-state index in [1.807, 2.05) is 53.2 Å². The standard InChI is InChI=1S/C21H20ClN3O2/c1-2-14-4-3-5-17(10-14)23-21(26)19-11-18-13-27-20(12-25(18)24-19)15-6-8-16(22)9-7-15/h3-11,20H,2,12-13H2,1H3,(H,23,26)/t20-/m1/s1. The van der Waals surface area contributed by atoms with Crippen LogP contribution >= 0.6 is 11.6 Å². The van der Waals surface area contributed by atoms with Crippen LogP contribution in [0.25, 0.3) is 0 Å². The number of aromatic nitrogens is 2. The summed E-state index contributed by atoms with van der Waals surface area (Å²) in [6, 6.07) is 17.2. The Labute approximate surface area is 162 Å². The van der Waals surface area contributed by atoms with Gasteiger partial charge in [-0.1, -0.05) is 42.8 Å². The lowest BCUT2D eigenvalue weighted by Gasteiger charge is -2.24. The normalized spacial score (nSPS) is 16.0. The largest absolute Gasteiger partial charge is 0.365 e. The van der Waals surface area contributed by atoms with Gasteiger partial charge in [-0.15, -0.1) is 0 Å². The number of anilines is 1. The Balaban J connectivity index is 1.49. The SMILES string of the molecule is CCc1cccc(NC(=O)c2cc3n(n2)C[C@H](c2ccc(Cl)cc2)OC3)c1. The number of benzene rings is 2. The number of fused-ring (bicyclic) bond motifs is 1. The number of aryl methyl sites for hydroxylation is 1. The zero-order chi connectivity index (χ0) is 18.8. The van der Waals surface area contributed by atoms with Crippen molar-refractivity contribution in [2.24, 2.45) is 0 Å². The first-order valence-corrected chi connectivity index (χ1v) is 9.34. The molecule has 1 aliphatic heterocycles. The topological polar surface area (TPSA) is 56.2 Å². The average Bonchev–Trinajstić information content (AvgIpc) is 3.12. The lowest BCUT2D eigenvalue weighted by molar-refractivity contribution is -0.00118. The third-order valence-electron chi connectivity index (χ3n) is 4.70. The fourth-order valence-electron chi connectivity index (χ4n) is 3.18. The Morgan fingerprint density at radius 2 is 2.07 bits per heavy atom. The number of carbonyl (C=O) groups excluding carboxylic acids is 1. The van der Waals surface area contributed by atoms with Gasteiger partial charge in [0.2, 0.25) is 0 Å². The summed E-state index contributed by atoms with van der Waals surface area (Å²) < 4.78 is 7.78. The Morgan fingerprint density at radius 3 is 2.85 bits per heavy atom. The van der Waals surface area contributed by atoms with E-state index in [-0.39, 0.29) is 12.0 Å². The van der Waals surface area contributed by atoms with Gasteiger partial charge in [0.05, 0.1) is 18.8 Å². The monoisotopic (exact) mass is 381 g/mol. The van der Waals surface area contributed by atoms with Crippen LogP contribution in [0, 0.1) is 0 Å². The molecular weight excluding hydrogens is 362 g/mol. The molecule has 0 fully saturated rings.